The first-order chi connectivity index (χ1) is 44.7. The van der Waals surface area contributed by atoms with Crippen LogP contribution in [0.25, 0.3) is 0 Å². The molecule has 14 rings (SSSR count). The van der Waals surface area contributed by atoms with Gasteiger partial charge in [0.1, 0.15) is 0 Å². The van der Waals surface area contributed by atoms with E-state index in [0.717, 1.165) is 154 Å². The third-order valence-electron chi connectivity index (χ3n) is 32.4. The summed E-state index contributed by atoms with van der Waals surface area (Å²) in [6, 6.07) is 0. The molecular formula is C92H168. The summed E-state index contributed by atoms with van der Waals surface area (Å²) >= 11 is 0. The van der Waals surface area contributed by atoms with E-state index in [1.165, 1.54) is 154 Å². The third-order valence-corrected chi connectivity index (χ3v) is 32.4. The maximum atomic E-state index is 2.45. The highest BCUT2D eigenvalue weighted by atomic mass is 14.4. The number of hydrogen-bond donors (Lipinski definition) is 0. The molecule has 0 heteroatoms. The molecule has 0 unspecified atom stereocenters. The van der Waals surface area contributed by atoms with Crippen molar-refractivity contribution in [2.24, 2.45) is 154 Å². The normalized spacial score (nSPS) is 44.3. The lowest BCUT2D eigenvalue weighted by atomic mass is 9.67. The summed E-state index contributed by atoms with van der Waals surface area (Å²) < 4.78 is 0. The molecule has 0 heterocycles. The van der Waals surface area contributed by atoms with Crippen LogP contribution in [0, 0.1) is 154 Å². The molecule has 0 amide bonds. The SMILES string of the molecule is CC1CCC(C2CCC(C)CC2)CC1.CC1CCC(C2CCC(C)CC2)CC1.CC1CCC(C2CCC(C)CC2)CC1.CC1CCC(C2CCC(C)CC2)CC1.CC1CCC(C2CCC(C3CCCC3)CC2)CC1.CC1CCC(C2CCC(C3CCCC3)CC2)CC1. The molecular weight excluding hydrogens is 1110 g/mol. The molecule has 0 atom stereocenters. The minimum atomic E-state index is 1.02. The van der Waals surface area contributed by atoms with Crippen molar-refractivity contribution in [2.75, 3.05) is 0 Å². The Kier molecular flexibility index (Phi) is 34.0. The van der Waals surface area contributed by atoms with E-state index in [0.29, 0.717) is 0 Å². The van der Waals surface area contributed by atoms with Crippen LogP contribution < -0.4 is 0 Å². The van der Waals surface area contributed by atoms with Gasteiger partial charge in [-0.25, -0.2) is 0 Å². The second kappa shape index (κ2) is 41.1. The molecule has 14 aliphatic carbocycles. The van der Waals surface area contributed by atoms with E-state index >= 15 is 0 Å². The van der Waals surface area contributed by atoms with E-state index in [-0.39, 0.29) is 0 Å². The molecule has 0 nitrogen and oxygen atoms in total. The van der Waals surface area contributed by atoms with Crippen LogP contribution in [0.2, 0.25) is 0 Å². The summed E-state index contributed by atoms with van der Waals surface area (Å²) in [6.07, 6.45) is 86.2. The fourth-order valence-corrected chi connectivity index (χ4v) is 24.6. The number of hydrogen-bond acceptors (Lipinski definition) is 0. The summed E-state index contributed by atoms with van der Waals surface area (Å²) in [5.74, 6) is 28.1. The molecule has 0 aromatic carbocycles. The molecule has 536 valence electrons. The average Bonchev–Trinajstić information content (AvgIpc) is 2.11. The molecule has 14 fully saturated rings. The third kappa shape index (κ3) is 25.9. The Hall–Kier alpha value is 0. The smallest absolute Gasteiger partial charge is 0.0386 e. The van der Waals surface area contributed by atoms with Gasteiger partial charge >= 0.3 is 0 Å². The molecule has 0 radical (unpaired) electrons. The van der Waals surface area contributed by atoms with Gasteiger partial charge in [-0.15, -0.1) is 0 Å². The van der Waals surface area contributed by atoms with Crippen LogP contribution in [0.15, 0.2) is 0 Å². The Bertz CT molecular complexity index is 1490. The van der Waals surface area contributed by atoms with Gasteiger partial charge in [0.25, 0.3) is 0 Å². The zero-order valence-electron chi connectivity index (χ0n) is 64.6. The first-order valence-electron chi connectivity index (χ1n) is 44.7. The van der Waals surface area contributed by atoms with Crippen LogP contribution in [-0.4, -0.2) is 0 Å². The molecule has 0 saturated heterocycles. The highest BCUT2D eigenvalue weighted by Gasteiger charge is 2.37. The fraction of sp³-hybridized carbons (Fsp3) is 1.00. The molecule has 0 N–H and O–H groups in total. The van der Waals surface area contributed by atoms with E-state index in [4.69, 9.17) is 0 Å². The van der Waals surface area contributed by atoms with Gasteiger partial charge in [-0.1, -0.05) is 249 Å². The highest BCUT2D eigenvalue weighted by Crippen LogP contribution is 2.50. The van der Waals surface area contributed by atoms with Gasteiger partial charge in [-0.3, -0.25) is 0 Å². The average molecular weight is 1270 g/mol. The topological polar surface area (TPSA) is 0 Å². The van der Waals surface area contributed by atoms with Crippen LogP contribution in [0.1, 0.15) is 429 Å². The summed E-state index contributed by atoms with van der Waals surface area (Å²) in [7, 11) is 0. The molecule has 0 aromatic heterocycles. The van der Waals surface area contributed by atoms with E-state index in [1.807, 2.05) is 0 Å². The highest BCUT2D eigenvalue weighted by molar-refractivity contribution is 4.89. The Balaban J connectivity index is 0.000000131. The van der Waals surface area contributed by atoms with E-state index in [9.17, 15) is 0 Å². The van der Waals surface area contributed by atoms with Crippen molar-refractivity contribution in [3.8, 4) is 0 Å². The second-order valence-corrected chi connectivity index (χ2v) is 39.6. The lowest BCUT2D eigenvalue weighted by molar-refractivity contribution is 0.129. The van der Waals surface area contributed by atoms with Crippen LogP contribution in [-0.2, 0) is 0 Å². The van der Waals surface area contributed by atoms with Crippen LogP contribution in [0.4, 0.5) is 0 Å². The van der Waals surface area contributed by atoms with E-state index in [2.05, 4.69) is 69.2 Å². The fourth-order valence-electron chi connectivity index (χ4n) is 24.6. The quantitative estimate of drug-likeness (QED) is 0.227. The largest absolute Gasteiger partial charge is 0.0625 e. The molecule has 0 spiro atoms. The zero-order chi connectivity index (χ0) is 64.6. The predicted molar refractivity (Wildman–Crippen MR) is 406 cm³/mol. The van der Waals surface area contributed by atoms with Gasteiger partial charge in [0.15, 0.2) is 0 Å². The standard InChI is InChI=1S/2C18H32.4C14H26/c2*1-14-6-8-16(9-7-14)18-12-10-17(11-13-18)15-4-2-3-5-15;4*1-11-3-7-13(8-4-11)14-9-5-12(2)6-10-14/h2*14-18H,2-13H2,1H3;4*11-14H,3-10H2,1-2H3. The van der Waals surface area contributed by atoms with Crippen molar-refractivity contribution < 1.29 is 0 Å². The van der Waals surface area contributed by atoms with Crippen molar-refractivity contribution in [3.05, 3.63) is 0 Å². The van der Waals surface area contributed by atoms with Gasteiger partial charge in [0.2, 0.25) is 0 Å². The van der Waals surface area contributed by atoms with Crippen molar-refractivity contribution in [1.82, 2.24) is 0 Å². The Morgan fingerprint density at radius 3 is 0.239 bits per heavy atom. The first kappa shape index (κ1) is 76.2. The van der Waals surface area contributed by atoms with Crippen LogP contribution >= 0.6 is 0 Å². The lowest BCUT2D eigenvalue weighted by Crippen LogP contribution is -2.27. The van der Waals surface area contributed by atoms with E-state index < -0.39 is 0 Å². The van der Waals surface area contributed by atoms with E-state index in [1.54, 1.807) is 205 Å². The molecule has 92 heavy (non-hydrogen) atoms. The monoisotopic (exact) mass is 1270 g/mol. The van der Waals surface area contributed by atoms with Gasteiger partial charge in [-0.05, 0) is 334 Å². The molecule has 14 saturated carbocycles. The lowest BCUT2D eigenvalue weighted by Gasteiger charge is -2.38. The second-order valence-electron chi connectivity index (χ2n) is 39.6. The number of rotatable bonds is 8. The van der Waals surface area contributed by atoms with Crippen molar-refractivity contribution >= 4 is 0 Å². The van der Waals surface area contributed by atoms with Crippen LogP contribution in [0.3, 0.4) is 0 Å². The Morgan fingerprint density at radius 2 is 0.152 bits per heavy atom. The first-order valence-corrected chi connectivity index (χ1v) is 44.7. The molecule has 0 bridgehead atoms. The molecule has 0 aromatic rings. The summed E-state index contributed by atoms with van der Waals surface area (Å²) in [4.78, 5) is 0. The summed E-state index contributed by atoms with van der Waals surface area (Å²) in [6.45, 7) is 24.3. The summed E-state index contributed by atoms with van der Waals surface area (Å²) in [5.41, 5.74) is 0. The minimum absolute atomic E-state index is 1.02. The van der Waals surface area contributed by atoms with Gasteiger partial charge in [0.05, 0.1) is 0 Å². The zero-order valence-corrected chi connectivity index (χ0v) is 64.6. The maximum absolute atomic E-state index is 2.45. The van der Waals surface area contributed by atoms with Gasteiger partial charge < -0.3 is 0 Å². The van der Waals surface area contributed by atoms with Crippen molar-refractivity contribution in [1.29, 1.82) is 0 Å². The maximum Gasteiger partial charge on any atom is -0.0386 e. The minimum Gasteiger partial charge on any atom is -0.0625 e. The molecule has 0 aliphatic heterocycles. The van der Waals surface area contributed by atoms with Crippen molar-refractivity contribution in [2.45, 2.75) is 429 Å². The van der Waals surface area contributed by atoms with Crippen LogP contribution in [0.5, 0.6) is 0 Å². The van der Waals surface area contributed by atoms with Crippen molar-refractivity contribution in [3.63, 3.8) is 0 Å². The Morgan fingerprint density at radius 1 is 0.0870 bits per heavy atom. The van der Waals surface area contributed by atoms with Gasteiger partial charge in [-0.2, -0.15) is 0 Å². The summed E-state index contributed by atoms with van der Waals surface area (Å²) in [5, 5.41) is 0. The Labute approximate surface area is 579 Å². The van der Waals surface area contributed by atoms with Gasteiger partial charge in [0, 0.05) is 0 Å². The molecule has 14 aliphatic rings. The predicted octanol–water partition coefficient (Wildman–Crippen LogP) is 30.2.